The van der Waals surface area contributed by atoms with Gasteiger partial charge in [-0.3, -0.25) is 20.9 Å². The summed E-state index contributed by atoms with van der Waals surface area (Å²) in [6.45, 7) is 0. The van der Waals surface area contributed by atoms with Crippen molar-refractivity contribution < 1.29 is 0 Å². The summed E-state index contributed by atoms with van der Waals surface area (Å²) < 4.78 is 1.75. The molecule has 0 bridgehead atoms. The number of hydrogen-bond acceptors (Lipinski definition) is 4. The molecule has 2 aromatic heterocycles. The Bertz CT molecular complexity index is 496. The SMILES string of the molecule is Cn1ccc(CC(NN)c2ncccc2Cl)n1. The molecular formula is C11H14ClN5. The number of nitrogens with zero attached hydrogens (tertiary/aromatic N) is 3. The van der Waals surface area contributed by atoms with Crippen molar-refractivity contribution in [1.82, 2.24) is 20.2 Å². The third kappa shape index (κ3) is 2.82. The lowest BCUT2D eigenvalue weighted by Gasteiger charge is -2.15. The van der Waals surface area contributed by atoms with E-state index in [0.717, 1.165) is 11.4 Å². The number of aromatic nitrogens is 3. The van der Waals surface area contributed by atoms with Gasteiger partial charge in [-0.15, -0.1) is 0 Å². The number of hydrazine groups is 1. The van der Waals surface area contributed by atoms with Crippen molar-refractivity contribution in [3.63, 3.8) is 0 Å². The quantitative estimate of drug-likeness (QED) is 0.633. The second-order valence-corrected chi connectivity index (χ2v) is 4.18. The second kappa shape index (κ2) is 5.27. The van der Waals surface area contributed by atoms with E-state index in [4.69, 9.17) is 17.4 Å². The molecule has 0 aliphatic heterocycles. The van der Waals surface area contributed by atoms with Crippen molar-refractivity contribution in [2.24, 2.45) is 12.9 Å². The average Bonchev–Trinajstić information content (AvgIpc) is 2.73. The zero-order valence-electron chi connectivity index (χ0n) is 9.47. The van der Waals surface area contributed by atoms with E-state index in [2.05, 4.69) is 15.5 Å². The lowest BCUT2D eigenvalue weighted by atomic mass is 10.1. The number of nitrogens with one attached hydrogen (secondary N) is 1. The Hall–Kier alpha value is -1.43. The molecule has 0 amide bonds. The van der Waals surface area contributed by atoms with Crippen LogP contribution in [0.5, 0.6) is 0 Å². The predicted molar refractivity (Wildman–Crippen MR) is 66.2 cm³/mol. The van der Waals surface area contributed by atoms with E-state index in [9.17, 15) is 0 Å². The fourth-order valence-corrected chi connectivity index (χ4v) is 1.92. The molecule has 0 aliphatic rings. The normalized spacial score (nSPS) is 12.6. The lowest BCUT2D eigenvalue weighted by molar-refractivity contribution is 0.529. The van der Waals surface area contributed by atoms with Gasteiger partial charge in [0.05, 0.1) is 22.5 Å². The highest BCUT2D eigenvalue weighted by atomic mass is 35.5. The van der Waals surface area contributed by atoms with Crippen LogP contribution in [0, 0.1) is 0 Å². The molecule has 90 valence electrons. The Morgan fingerprint density at radius 2 is 2.35 bits per heavy atom. The standard InChI is InChI=1S/C11H14ClN5/c1-17-6-4-8(16-17)7-10(15-13)11-9(12)3-2-5-14-11/h2-6,10,15H,7,13H2,1H3. The van der Waals surface area contributed by atoms with E-state index in [1.807, 2.05) is 19.3 Å². The molecular weight excluding hydrogens is 238 g/mol. The molecule has 0 saturated heterocycles. The molecule has 0 fully saturated rings. The van der Waals surface area contributed by atoms with Gasteiger partial charge in [-0.25, -0.2) is 0 Å². The monoisotopic (exact) mass is 251 g/mol. The maximum atomic E-state index is 6.09. The summed E-state index contributed by atoms with van der Waals surface area (Å²) in [5, 5.41) is 4.91. The van der Waals surface area contributed by atoms with Crippen molar-refractivity contribution in [2.75, 3.05) is 0 Å². The number of hydrogen-bond donors (Lipinski definition) is 2. The third-order valence-electron chi connectivity index (χ3n) is 2.50. The van der Waals surface area contributed by atoms with E-state index in [1.165, 1.54) is 0 Å². The molecule has 0 spiro atoms. The Kier molecular flexibility index (Phi) is 3.73. The Balaban J connectivity index is 2.20. The average molecular weight is 252 g/mol. The summed E-state index contributed by atoms with van der Waals surface area (Å²) in [5.74, 6) is 5.55. The largest absolute Gasteiger partial charge is 0.276 e. The van der Waals surface area contributed by atoms with Crippen molar-refractivity contribution in [2.45, 2.75) is 12.5 Å². The fourth-order valence-electron chi connectivity index (χ4n) is 1.67. The molecule has 17 heavy (non-hydrogen) atoms. The number of nitrogens with two attached hydrogens (primary N) is 1. The summed E-state index contributed by atoms with van der Waals surface area (Å²) in [5.41, 5.74) is 4.40. The Morgan fingerprint density at radius 3 is 2.94 bits per heavy atom. The number of rotatable bonds is 4. The van der Waals surface area contributed by atoms with E-state index in [-0.39, 0.29) is 6.04 Å². The van der Waals surface area contributed by atoms with Gasteiger partial charge in [-0.2, -0.15) is 5.10 Å². The molecule has 3 N–H and O–H groups in total. The van der Waals surface area contributed by atoms with Gasteiger partial charge in [-0.05, 0) is 18.2 Å². The van der Waals surface area contributed by atoms with Gasteiger partial charge in [0.25, 0.3) is 0 Å². The molecule has 2 aromatic rings. The first-order chi connectivity index (χ1) is 8.20. The van der Waals surface area contributed by atoms with Gasteiger partial charge >= 0.3 is 0 Å². The maximum absolute atomic E-state index is 6.09. The van der Waals surface area contributed by atoms with E-state index >= 15 is 0 Å². The number of halogens is 1. The zero-order chi connectivity index (χ0) is 12.3. The first kappa shape index (κ1) is 12.0. The van der Waals surface area contributed by atoms with E-state index in [1.54, 1.807) is 23.0 Å². The first-order valence-corrected chi connectivity index (χ1v) is 5.63. The van der Waals surface area contributed by atoms with Crippen molar-refractivity contribution in [3.05, 3.63) is 47.0 Å². The van der Waals surface area contributed by atoms with Crippen LogP contribution in [0.25, 0.3) is 0 Å². The summed E-state index contributed by atoms with van der Waals surface area (Å²) >= 11 is 6.09. The highest BCUT2D eigenvalue weighted by Gasteiger charge is 2.16. The van der Waals surface area contributed by atoms with Crippen LogP contribution in [0.4, 0.5) is 0 Å². The van der Waals surface area contributed by atoms with Crippen LogP contribution >= 0.6 is 11.6 Å². The van der Waals surface area contributed by atoms with Crippen LogP contribution in [-0.4, -0.2) is 14.8 Å². The van der Waals surface area contributed by atoms with Crippen LogP contribution in [0.2, 0.25) is 5.02 Å². The van der Waals surface area contributed by atoms with Crippen molar-refractivity contribution >= 4 is 11.6 Å². The highest BCUT2D eigenvalue weighted by molar-refractivity contribution is 6.31. The Labute approximate surface area is 105 Å². The molecule has 2 rings (SSSR count). The summed E-state index contributed by atoms with van der Waals surface area (Å²) in [6.07, 6.45) is 4.24. The van der Waals surface area contributed by atoms with E-state index in [0.29, 0.717) is 11.4 Å². The van der Waals surface area contributed by atoms with Crippen LogP contribution in [-0.2, 0) is 13.5 Å². The van der Waals surface area contributed by atoms with Gasteiger partial charge in [0.15, 0.2) is 0 Å². The zero-order valence-corrected chi connectivity index (χ0v) is 10.2. The number of pyridine rings is 1. The molecule has 6 heteroatoms. The van der Waals surface area contributed by atoms with Crippen LogP contribution < -0.4 is 11.3 Å². The predicted octanol–water partition coefficient (Wildman–Crippen LogP) is 1.22. The fraction of sp³-hybridized carbons (Fsp3) is 0.273. The topological polar surface area (TPSA) is 68.8 Å². The third-order valence-corrected chi connectivity index (χ3v) is 2.82. The molecule has 0 saturated carbocycles. The van der Waals surface area contributed by atoms with Gasteiger partial charge in [0.2, 0.25) is 0 Å². The van der Waals surface area contributed by atoms with Gasteiger partial charge in [0, 0.05) is 25.9 Å². The van der Waals surface area contributed by atoms with Crippen molar-refractivity contribution in [1.29, 1.82) is 0 Å². The van der Waals surface area contributed by atoms with Crippen LogP contribution in [0.3, 0.4) is 0 Å². The van der Waals surface area contributed by atoms with Gasteiger partial charge < -0.3 is 0 Å². The summed E-state index contributed by atoms with van der Waals surface area (Å²) in [4.78, 5) is 4.24. The minimum atomic E-state index is -0.140. The van der Waals surface area contributed by atoms with E-state index < -0.39 is 0 Å². The van der Waals surface area contributed by atoms with Gasteiger partial charge in [0.1, 0.15) is 0 Å². The molecule has 5 nitrogen and oxygen atoms in total. The molecule has 1 unspecified atom stereocenters. The molecule has 2 heterocycles. The van der Waals surface area contributed by atoms with Crippen molar-refractivity contribution in [3.8, 4) is 0 Å². The highest BCUT2D eigenvalue weighted by Crippen LogP contribution is 2.22. The summed E-state index contributed by atoms with van der Waals surface area (Å²) in [7, 11) is 1.88. The number of aryl methyl sites for hydroxylation is 1. The minimum Gasteiger partial charge on any atom is -0.276 e. The Morgan fingerprint density at radius 1 is 1.53 bits per heavy atom. The molecule has 0 radical (unpaired) electrons. The second-order valence-electron chi connectivity index (χ2n) is 3.77. The lowest BCUT2D eigenvalue weighted by Crippen LogP contribution is -2.30. The molecule has 0 aliphatic carbocycles. The van der Waals surface area contributed by atoms with Gasteiger partial charge in [-0.1, -0.05) is 11.6 Å². The smallest absolute Gasteiger partial charge is 0.0776 e. The van der Waals surface area contributed by atoms with Crippen LogP contribution in [0.1, 0.15) is 17.4 Å². The minimum absolute atomic E-state index is 0.140. The van der Waals surface area contributed by atoms with Crippen LogP contribution in [0.15, 0.2) is 30.6 Å². The molecule has 1 atom stereocenters. The summed E-state index contributed by atoms with van der Waals surface area (Å²) in [6, 6.07) is 5.40. The maximum Gasteiger partial charge on any atom is 0.0776 e. The molecule has 0 aromatic carbocycles. The first-order valence-electron chi connectivity index (χ1n) is 5.25.